The third kappa shape index (κ3) is 1.48. The van der Waals surface area contributed by atoms with E-state index < -0.39 is 0 Å². The molecule has 0 unspecified atom stereocenters. The quantitative estimate of drug-likeness (QED) is 0.687. The van der Waals surface area contributed by atoms with Gasteiger partial charge >= 0.3 is 0 Å². The van der Waals surface area contributed by atoms with Crippen LogP contribution < -0.4 is 0 Å². The zero-order valence-corrected chi connectivity index (χ0v) is 10.0. The molecule has 0 spiro atoms. The summed E-state index contributed by atoms with van der Waals surface area (Å²) in [6.45, 7) is 0. The summed E-state index contributed by atoms with van der Waals surface area (Å²) in [6, 6.07) is 11.3. The van der Waals surface area contributed by atoms with E-state index in [1.165, 1.54) is 27.8 Å². The van der Waals surface area contributed by atoms with Crippen LogP contribution in [-0.4, -0.2) is 14.8 Å². The Morgan fingerprint density at radius 1 is 1.24 bits per heavy atom. The summed E-state index contributed by atoms with van der Waals surface area (Å²) in [6.07, 6.45) is 4.38. The number of benzene rings is 1. The van der Waals surface area contributed by atoms with Gasteiger partial charge < -0.3 is 4.57 Å². The van der Waals surface area contributed by atoms with Crippen molar-refractivity contribution < 1.29 is 0 Å². The lowest BCUT2D eigenvalue weighted by Crippen LogP contribution is -1.93. The fourth-order valence-corrected chi connectivity index (χ4v) is 3.18. The van der Waals surface area contributed by atoms with Gasteiger partial charge in [-0.3, -0.25) is 0 Å². The molecule has 84 valence electrons. The van der Waals surface area contributed by atoms with E-state index in [1.54, 1.807) is 11.3 Å². The van der Waals surface area contributed by atoms with Crippen molar-refractivity contribution in [3.8, 4) is 10.7 Å². The third-order valence-electron chi connectivity index (χ3n) is 3.16. The van der Waals surface area contributed by atoms with Crippen molar-refractivity contribution in [2.75, 3.05) is 0 Å². The number of hydrogen-bond donors (Lipinski definition) is 0. The van der Waals surface area contributed by atoms with E-state index in [0.29, 0.717) is 6.04 Å². The maximum atomic E-state index is 4.27. The van der Waals surface area contributed by atoms with E-state index in [2.05, 4.69) is 45.1 Å². The van der Waals surface area contributed by atoms with E-state index >= 15 is 0 Å². The fraction of sp³-hybridized carbons (Fsp3) is 0.231. The van der Waals surface area contributed by atoms with Crippen LogP contribution in [-0.2, 0) is 0 Å². The molecule has 0 radical (unpaired) electrons. The molecular formula is C13H11N3S. The van der Waals surface area contributed by atoms with Gasteiger partial charge in [0.1, 0.15) is 6.33 Å². The van der Waals surface area contributed by atoms with Gasteiger partial charge in [0.05, 0.1) is 4.88 Å². The van der Waals surface area contributed by atoms with Gasteiger partial charge in [0, 0.05) is 10.7 Å². The van der Waals surface area contributed by atoms with Crippen LogP contribution in [0.3, 0.4) is 0 Å². The van der Waals surface area contributed by atoms with Crippen molar-refractivity contribution in [1.29, 1.82) is 0 Å². The van der Waals surface area contributed by atoms with Crippen LogP contribution in [0.2, 0.25) is 0 Å². The van der Waals surface area contributed by atoms with Crippen molar-refractivity contribution in [2.45, 2.75) is 18.9 Å². The number of fused-ring (bicyclic) bond motifs is 1. The molecule has 3 aromatic rings. The van der Waals surface area contributed by atoms with Gasteiger partial charge in [-0.2, -0.15) is 0 Å². The average Bonchev–Trinajstić information content (AvgIpc) is 2.94. The standard InChI is InChI=1S/C13H11N3S/c1-2-4-11-9(3-1)7-12(17-11)13-15-14-8-16(13)10-5-6-10/h1-4,7-8,10H,5-6H2. The second-order valence-corrected chi connectivity index (χ2v) is 5.53. The maximum Gasteiger partial charge on any atom is 0.174 e. The molecule has 17 heavy (non-hydrogen) atoms. The molecule has 2 aromatic heterocycles. The first-order chi connectivity index (χ1) is 8.42. The lowest BCUT2D eigenvalue weighted by Gasteiger charge is -2.00. The monoisotopic (exact) mass is 241 g/mol. The summed E-state index contributed by atoms with van der Waals surface area (Å²) in [5.41, 5.74) is 0. The van der Waals surface area contributed by atoms with E-state index in [4.69, 9.17) is 0 Å². The van der Waals surface area contributed by atoms with Crippen LogP contribution in [0.1, 0.15) is 18.9 Å². The van der Waals surface area contributed by atoms with Crippen LogP contribution in [0, 0.1) is 0 Å². The second-order valence-electron chi connectivity index (χ2n) is 4.44. The SMILES string of the molecule is c1ccc2sc(-c3nncn3C3CC3)cc2c1. The Bertz CT molecular complexity index is 646. The lowest BCUT2D eigenvalue weighted by atomic mass is 10.2. The predicted octanol–water partition coefficient (Wildman–Crippen LogP) is 3.49. The Hall–Kier alpha value is -1.68. The molecule has 0 bridgehead atoms. The van der Waals surface area contributed by atoms with E-state index in [1.807, 2.05) is 6.33 Å². The summed E-state index contributed by atoms with van der Waals surface area (Å²) in [4.78, 5) is 1.22. The summed E-state index contributed by atoms with van der Waals surface area (Å²) in [5, 5.41) is 9.61. The molecule has 2 heterocycles. The molecule has 1 aliphatic carbocycles. The smallest absolute Gasteiger partial charge is 0.174 e. The second kappa shape index (κ2) is 3.40. The first-order valence-electron chi connectivity index (χ1n) is 5.80. The number of nitrogens with zero attached hydrogens (tertiary/aromatic N) is 3. The molecule has 0 saturated heterocycles. The molecular weight excluding hydrogens is 230 g/mol. The zero-order valence-electron chi connectivity index (χ0n) is 9.21. The highest BCUT2D eigenvalue weighted by Crippen LogP contribution is 2.39. The summed E-state index contributed by atoms with van der Waals surface area (Å²) < 4.78 is 3.53. The van der Waals surface area contributed by atoms with Crippen LogP contribution in [0.15, 0.2) is 36.7 Å². The highest BCUT2D eigenvalue weighted by atomic mass is 32.1. The topological polar surface area (TPSA) is 30.7 Å². The van der Waals surface area contributed by atoms with Gasteiger partial charge in [-0.15, -0.1) is 21.5 Å². The molecule has 0 amide bonds. The van der Waals surface area contributed by atoms with Crippen molar-refractivity contribution in [2.24, 2.45) is 0 Å². The molecule has 1 fully saturated rings. The summed E-state index contributed by atoms with van der Waals surface area (Å²) in [7, 11) is 0. The van der Waals surface area contributed by atoms with Gasteiger partial charge in [0.25, 0.3) is 0 Å². The normalized spacial score (nSPS) is 15.5. The molecule has 4 rings (SSSR count). The largest absolute Gasteiger partial charge is 0.310 e. The van der Waals surface area contributed by atoms with Crippen LogP contribution in [0.25, 0.3) is 20.8 Å². The van der Waals surface area contributed by atoms with Crippen LogP contribution >= 0.6 is 11.3 Å². The minimum atomic E-state index is 0.630. The number of aromatic nitrogens is 3. The molecule has 1 saturated carbocycles. The van der Waals surface area contributed by atoms with Crippen molar-refractivity contribution >= 4 is 21.4 Å². The Labute approximate surface area is 103 Å². The zero-order chi connectivity index (χ0) is 11.2. The van der Waals surface area contributed by atoms with Gasteiger partial charge in [-0.25, -0.2) is 0 Å². The minimum absolute atomic E-state index is 0.630. The van der Waals surface area contributed by atoms with Crippen molar-refractivity contribution in [3.63, 3.8) is 0 Å². The minimum Gasteiger partial charge on any atom is -0.310 e. The molecule has 1 aromatic carbocycles. The Morgan fingerprint density at radius 2 is 2.12 bits per heavy atom. The van der Waals surface area contributed by atoms with E-state index in [0.717, 1.165) is 5.82 Å². The van der Waals surface area contributed by atoms with Gasteiger partial charge in [0.15, 0.2) is 5.82 Å². The third-order valence-corrected chi connectivity index (χ3v) is 4.27. The van der Waals surface area contributed by atoms with Crippen LogP contribution in [0.5, 0.6) is 0 Å². The molecule has 1 aliphatic rings. The number of hydrogen-bond acceptors (Lipinski definition) is 3. The highest BCUT2D eigenvalue weighted by Gasteiger charge is 2.27. The van der Waals surface area contributed by atoms with Crippen LogP contribution in [0.4, 0.5) is 0 Å². The van der Waals surface area contributed by atoms with E-state index in [9.17, 15) is 0 Å². The molecule has 3 nitrogen and oxygen atoms in total. The number of rotatable bonds is 2. The van der Waals surface area contributed by atoms with Crippen molar-refractivity contribution in [1.82, 2.24) is 14.8 Å². The molecule has 0 N–H and O–H groups in total. The fourth-order valence-electron chi connectivity index (χ4n) is 2.13. The summed E-state index contributed by atoms with van der Waals surface area (Å²) >= 11 is 1.79. The van der Waals surface area contributed by atoms with E-state index in [-0.39, 0.29) is 0 Å². The molecule has 0 aliphatic heterocycles. The van der Waals surface area contributed by atoms with Gasteiger partial charge in [0.2, 0.25) is 0 Å². The first kappa shape index (κ1) is 9.36. The average molecular weight is 241 g/mol. The lowest BCUT2D eigenvalue weighted by molar-refractivity contribution is 0.747. The van der Waals surface area contributed by atoms with Gasteiger partial charge in [-0.05, 0) is 30.4 Å². The van der Waals surface area contributed by atoms with Gasteiger partial charge in [-0.1, -0.05) is 18.2 Å². The predicted molar refractivity (Wildman–Crippen MR) is 69.1 cm³/mol. The van der Waals surface area contributed by atoms with Crippen molar-refractivity contribution in [3.05, 3.63) is 36.7 Å². The first-order valence-corrected chi connectivity index (χ1v) is 6.62. The molecule has 0 atom stereocenters. The highest BCUT2D eigenvalue weighted by molar-refractivity contribution is 7.22. The maximum absolute atomic E-state index is 4.27. The Morgan fingerprint density at radius 3 is 2.94 bits per heavy atom. The Kier molecular flexibility index (Phi) is 1.87. The Balaban J connectivity index is 1.89. The summed E-state index contributed by atoms with van der Waals surface area (Å²) in [5.74, 6) is 1.02. The molecule has 4 heteroatoms. The number of thiophene rings is 1.